The Labute approximate surface area is 125 Å². The van der Waals surface area contributed by atoms with E-state index in [1.165, 1.54) is 22.6 Å². The van der Waals surface area contributed by atoms with Gasteiger partial charge >= 0.3 is 6.08 Å². The van der Waals surface area contributed by atoms with Crippen molar-refractivity contribution >= 4 is 32.0 Å². The predicted octanol–water partition coefficient (Wildman–Crippen LogP) is 5.24. The standard InChI is InChI=1S/C12H8F5IO2/c1-19-7-4-6(10(18)12(16)17)8(20-2)3-5(7)9(13)11(14)15/h3-4H,1-2H3. The summed E-state index contributed by atoms with van der Waals surface area (Å²) >= 11 is 1.36. The molecule has 0 heterocycles. The second-order valence-electron chi connectivity index (χ2n) is 3.40. The topological polar surface area (TPSA) is 18.5 Å². The van der Waals surface area contributed by atoms with Gasteiger partial charge < -0.3 is 9.47 Å². The number of methoxy groups -OCH3 is 2. The van der Waals surface area contributed by atoms with Crippen LogP contribution in [0.25, 0.3) is 9.41 Å². The molecule has 1 aromatic rings. The second kappa shape index (κ2) is 6.91. The van der Waals surface area contributed by atoms with Gasteiger partial charge in [0, 0.05) is 5.56 Å². The zero-order valence-corrected chi connectivity index (χ0v) is 12.4. The van der Waals surface area contributed by atoms with Crippen LogP contribution in [-0.2, 0) is 0 Å². The minimum Gasteiger partial charge on any atom is -0.496 e. The van der Waals surface area contributed by atoms with E-state index in [-0.39, 0.29) is 17.1 Å². The van der Waals surface area contributed by atoms with Crippen LogP contribution in [0.1, 0.15) is 11.1 Å². The van der Waals surface area contributed by atoms with Crippen LogP contribution in [0, 0.1) is 0 Å². The van der Waals surface area contributed by atoms with Gasteiger partial charge in [-0.1, -0.05) is 0 Å². The van der Waals surface area contributed by atoms with E-state index in [4.69, 9.17) is 9.47 Å². The molecule has 0 aliphatic carbocycles. The zero-order valence-electron chi connectivity index (χ0n) is 10.2. The molecule has 0 fully saturated rings. The van der Waals surface area contributed by atoms with Crippen molar-refractivity contribution < 1.29 is 31.4 Å². The summed E-state index contributed by atoms with van der Waals surface area (Å²) in [6.45, 7) is 0. The Morgan fingerprint density at radius 3 is 1.70 bits per heavy atom. The molecule has 2 nitrogen and oxygen atoms in total. The van der Waals surface area contributed by atoms with Gasteiger partial charge in [0.2, 0.25) is 0 Å². The molecule has 0 saturated heterocycles. The number of halogens is 6. The molecule has 0 aliphatic rings. The van der Waals surface area contributed by atoms with Gasteiger partial charge in [-0.05, 0) is 34.7 Å². The molecule has 0 amide bonds. The minimum absolute atomic E-state index is 0.0826. The molecule has 0 saturated carbocycles. The van der Waals surface area contributed by atoms with Crippen LogP contribution in [0.3, 0.4) is 0 Å². The molecule has 0 bridgehead atoms. The van der Waals surface area contributed by atoms with Crippen molar-refractivity contribution in [3.63, 3.8) is 0 Å². The molecular formula is C12H8F5IO2. The maximum absolute atomic E-state index is 13.3. The van der Waals surface area contributed by atoms with Gasteiger partial charge in [-0.15, -0.1) is 0 Å². The highest BCUT2D eigenvalue weighted by atomic mass is 127. The smallest absolute Gasteiger partial charge is 0.306 e. The van der Waals surface area contributed by atoms with Crippen LogP contribution in [0.4, 0.5) is 22.0 Å². The first-order chi connectivity index (χ1) is 9.33. The molecule has 0 aromatic heterocycles. The number of rotatable bonds is 4. The van der Waals surface area contributed by atoms with E-state index < -0.39 is 27.1 Å². The molecule has 8 heteroatoms. The molecule has 110 valence electrons. The van der Waals surface area contributed by atoms with Crippen molar-refractivity contribution in [1.29, 1.82) is 0 Å². The summed E-state index contributed by atoms with van der Waals surface area (Å²) in [5.41, 5.74) is -0.655. The first-order valence-electron chi connectivity index (χ1n) is 5.01. The Morgan fingerprint density at radius 1 is 0.850 bits per heavy atom. The van der Waals surface area contributed by atoms with E-state index in [1.807, 2.05) is 0 Å². The lowest BCUT2D eigenvalue weighted by molar-refractivity contribution is 0.392. The molecular weight excluding hydrogens is 398 g/mol. The average molecular weight is 406 g/mol. The Balaban J connectivity index is 3.63. The highest BCUT2D eigenvalue weighted by Gasteiger charge is 2.20. The summed E-state index contributed by atoms with van der Waals surface area (Å²) in [6.07, 6.45) is -4.52. The van der Waals surface area contributed by atoms with Gasteiger partial charge in [0.25, 0.3) is 6.08 Å². The SMILES string of the molecule is COc1cc(C(I)=C(F)F)c(OC)cc1C(F)=C(F)F. The number of hydrogen-bond donors (Lipinski definition) is 0. The third-order valence-corrected chi connectivity index (χ3v) is 3.32. The average Bonchev–Trinajstić information content (AvgIpc) is 2.43. The van der Waals surface area contributed by atoms with Crippen LogP contribution in [0.5, 0.6) is 11.5 Å². The molecule has 0 aliphatic heterocycles. The van der Waals surface area contributed by atoms with Crippen molar-refractivity contribution in [1.82, 2.24) is 0 Å². The summed E-state index contributed by atoms with van der Waals surface area (Å²) in [7, 11) is 2.27. The Bertz CT molecular complexity index is 524. The van der Waals surface area contributed by atoms with E-state index >= 15 is 0 Å². The van der Waals surface area contributed by atoms with Crippen LogP contribution < -0.4 is 9.47 Å². The molecule has 20 heavy (non-hydrogen) atoms. The fourth-order valence-corrected chi connectivity index (χ4v) is 1.87. The van der Waals surface area contributed by atoms with E-state index in [1.54, 1.807) is 0 Å². The molecule has 0 N–H and O–H groups in total. The lowest BCUT2D eigenvalue weighted by Gasteiger charge is -2.13. The van der Waals surface area contributed by atoms with Gasteiger partial charge in [-0.2, -0.15) is 17.6 Å². The molecule has 1 aromatic carbocycles. The van der Waals surface area contributed by atoms with Crippen molar-refractivity contribution in [2.75, 3.05) is 14.2 Å². The number of benzene rings is 1. The van der Waals surface area contributed by atoms with Crippen molar-refractivity contribution in [2.45, 2.75) is 0 Å². The highest BCUT2D eigenvalue weighted by molar-refractivity contribution is 14.1. The summed E-state index contributed by atoms with van der Waals surface area (Å²) < 4.78 is 72.4. The van der Waals surface area contributed by atoms with E-state index in [0.29, 0.717) is 0 Å². The Kier molecular flexibility index (Phi) is 5.78. The Hall–Kier alpha value is -1.32. The number of hydrogen-bond acceptors (Lipinski definition) is 2. The predicted molar refractivity (Wildman–Crippen MR) is 72.9 cm³/mol. The first kappa shape index (κ1) is 16.7. The summed E-state index contributed by atoms with van der Waals surface area (Å²) in [5.74, 6) is -2.28. The quantitative estimate of drug-likeness (QED) is 0.503. The zero-order chi connectivity index (χ0) is 15.4. The lowest BCUT2D eigenvalue weighted by atomic mass is 10.1. The molecule has 1 rings (SSSR count). The van der Waals surface area contributed by atoms with E-state index in [9.17, 15) is 22.0 Å². The van der Waals surface area contributed by atoms with Gasteiger partial charge in [0.15, 0.2) is 5.83 Å². The van der Waals surface area contributed by atoms with Gasteiger partial charge in [-0.25, -0.2) is 4.39 Å². The fourth-order valence-electron chi connectivity index (χ4n) is 1.44. The number of ether oxygens (including phenoxy) is 2. The fraction of sp³-hybridized carbons (Fsp3) is 0.167. The van der Waals surface area contributed by atoms with E-state index in [2.05, 4.69) is 0 Å². The minimum atomic E-state index is -2.54. The normalized spacial score (nSPS) is 10.0. The summed E-state index contributed by atoms with van der Waals surface area (Å²) in [4.78, 5) is 0. The summed E-state index contributed by atoms with van der Waals surface area (Å²) in [5, 5.41) is 0. The maximum atomic E-state index is 13.3. The molecule has 0 radical (unpaired) electrons. The third kappa shape index (κ3) is 3.41. The van der Waals surface area contributed by atoms with Crippen LogP contribution in [0.2, 0.25) is 0 Å². The van der Waals surface area contributed by atoms with Gasteiger partial charge in [0.1, 0.15) is 11.5 Å². The van der Waals surface area contributed by atoms with Crippen LogP contribution in [-0.4, -0.2) is 14.2 Å². The highest BCUT2D eigenvalue weighted by Crippen LogP contribution is 2.41. The first-order valence-corrected chi connectivity index (χ1v) is 6.09. The third-order valence-electron chi connectivity index (χ3n) is 2.33. The molecule has 0 atom stereocenters. The summed E-state index contributed by atoms with van der Waals surface area (Å²) in [6, 6.07) is 1.89. The van der Waals surface area contributed by atoms with Crippen LogP contribution in [0.15, 0.2) is 24.3 Å². The van der Waals surface area contributed by atoms with E-state index in [0.717, 1.165) is 26.4 Å². The van der Waals surface area contributed by atoms with Crippen molar-refractivity contribution in [3.8, 4) is 11.5 Å². The largest absolute Gasteiger partial charge is 0.496 e. The van der Waals surface area contributed by atoms with Gasteiger partial charge in [0.05, 0.1) is 23.4 Å². The van der Waals surface area contributed by atoms with Crippen molar-refractivity contribution in [3.05, 3.63) is 35.4 Å². The molecule has 0 spiro atoms. The van der Waals surface area contributed by atoms with Crippen LogP contribution >= 0.6 is 22.6 Å². The monoisotopic (exact) mass is 406 g/mol. The molecule has 0 unspecified atom stereocenters. The second-order valence-corrected chi connectivity index (χ2v) is 4.48. The van der Waals surface area contributed by atoms with Crippen molar-refractivity contribution in [2.24, 2.45) is 0 Å². The lowest BCUT2D eigenvalue weighted by Crippen LogP contribution is -1.96. The Morgan fingerprint density at radius 2 is 1.30 bits per heavy atom. The van der Waals surface area contributed by atoms with Gasteiger partial charge in [-0.3, -0.25) is 0 Å². The maximum Gasteiger partial charge on any atom is 0.306 e.